The molecule has 0 unspecified atom stereocenters. The molecule has 8 heteroatoms. The molecule has 1 atom stereocenters. The van der Waals surface area contributed by atoms with Crippen LogP contribution in [0.4, 0.5) is 5.69 Å². The number of halogens is 1. The standard InChI is InChI=1S/C18H21ClN2O4S/c1-12(2)21-26(23,24)17-9-7-15(8-10-17)20-18(22)13(3)25-16-6-4-5-14(19)11-16/h4-13,21H,1-3H3,(H,20,22)/t13-/m1/s1. The number of rotatable bonds is 7. The van der Waals surface area contributed by atoms with E-state index in [0.717, 1.165) is 0 Å². The highest BCUT2D eigenvalue weighted by Crippen LogP contribution is 2.19. The van der Waals surface area contributed by atoms with Crippen molar-refractivity contribution in [2.45, 2.75) is 37.8 Å². The van der Waals surface area contributed by atoms with Crippen molar-refractivity contribution in [3.05, 3.63) is 53.6 Å². The quantitative estimate of drug-likeness (QED) is 0.750. The molecule has 0 bridgehead atoms. The first-order valence-corrected chi connectivity index (χ1v) is 9.89. The zero-order chi connectivity index (χ0) is 19.3. The van der Waals surface area contributed by atoms with E-state index in [1.165, 1.54) is 24.3 Å². The van der Waals surface area contributed by atoms with E-state index < -0.39 is 16.1 Å². The van der Waals surface area contributed by atoms with Crippen molar-refractivity contribution in [3.63, 3.8) is 0 Å². The molecule has 2 aromatic carbocycles. The Bertz CT molecular complexity index is 867. The van der Waals surface area contributed by atoms with E-state index in [2.05, 4.69) is 10.0 Å². The molecule has 2 aromatic rings. The molecule has 0 radical (unpaired) electrons. The van der Waals surface area contributed by atoms with Gasteiger partial charge in [-0.2, -0.15) is 0 Å². The first-order valence-electron chi connectivity index (χ1n) is 8.03. The van der Waals surface area contributed by atoms with Gasteiger partial charge in [0.1, 0.15) is 5.75 Å². The fourth-order valence-corrected chi connectivity index (χ4v) is 3.57. The molecule has 1 amide bonds. The maximum atomic E-state index is 12.2. The van der Waals surface area contributed by atoms with Gasteiger partial charge < -0.3 is 10.1 Å². The van der Waals surface area contributed by atoms with Gasteiger partial charge in [0, 0.05) is 16.8 Å². The lowest BCUT2D eigenvalue weighted by Gasteiger charge is -2.15. The molecule has 6 nitrogen and oxygen atoms in total. The Labute approximate surface area is 158 Å². The maximum absolute atomic E-state index is 12.2. The molecule has 0 saturated heterocycles. The molecule has 2 N–H and O–H groups in total. The van der Waals surface area contributed by atoms with Gasteiger partial charge in [0.15, 0.2) is 6.10 Å². The summed E-state index contributed by atoms with van der Waals surface area (Å²) in [7, 11) is -3.57. The third-order valence-electron chi connectivity index (χ3n) is 3.30. The number of sulfonamides is 1. The lowest BCUT2D eigenvalue weighted by molar-refractivity contribution is -0.122. The van der Waals surface area contributed by atoms with Gasteiger partial charge in [-0.1, -0.05) is 17.7 Å². The smallest absolute Gasteiger partial charge is 0.265 e. The zero-order valence-corrected chi connectivity index (χ0v) is 16.3. The van der Waals surface area contributed by atoms with Crippen LogP contribution in [0.1, 0.15) is 20.8 Å². The van der Waals surface area contributed by atoms with Gasteiger partial charge in [0.05, 0.1) is 4.90 Å². The van der Waals surface area contributed by atoms with Crippen LogP contribution in [0.5, 0.6) is 5.75 Å². The van der Waals surface area contributed by atoms with E-state index in [4.69, 9.17) is 16.3 Å². The molecule has 2 rings (SSSR count). The fraction of sp³-hybridized carbons (Fsp3) is 0.278. The van der Waals surface area contributed by atoms with Gasteiger partial charge in [-0.3, -0.25) is 4.79 Å². The molecule has 0 heterocycles. The molecule has 0 fully saturated rings. The number of nitrogens with one attached hydrogen (secondary N) is 2. The van der Waals surface area contributed by atoms with Gasteiger partial charge >= 0.3 is 0 Å². The summed E-state index contributed by atoms with van der Waals surface area (Å²) < 4.78 is 32.2. The van der Waals surface area contributed by atoms with Gasteiger partial charge in [-0.25, -0.2) is 13.1 Å². The van der Waals surface area contributed by atoms with Gasteiger partial charge in [-0.15, -0.1) is 0 Å². The number of hydrogen-bond acceptors (Lipinski definition) is 4. The minimum absolute atomic E-state index is 0.132. The summed E-state index contributed by atoms with van der Waals surface area (Å²) >= 11 is 5.89. The van der Waals surface area contributed by atoms with Crippen molar-refractivity contribution >= 4 is 33.2 Å². The van der Waals surface area contributed by atoms with Gasteiger partial charge in [0.2, 0.25) is 10.0 Å². The normalized spacial score (nSPS) is 12.7. The van der Waals surface area contributed by atoms with Crippen molar-refractivity contribution in [2.75, 3.05) is 5.32 Å². The Morgan fingerprint density at radius 3 is 2.31 bits per heavy atom. The second-order valence-electron chi connectivity index (χ2n) is 6.01. The molecule has 0 aliphatic rings. The molecular weight excluding hydrogens is 376 g/mol. The van der Waals surface area contributed by atoms with Crippen LogP contribution in [-0.2, 0) is 14.8 Å². The average Bonchev–Trinajstić information content (AvgIpc) is 2.54. The summed E-state index contributed by atoms with van der Waals surface area (Å²) in [5.74, 6) is 0.127. The molecular formula is C18H21ClN2O4S. The van der Waals surface area contributed by atoms with E-state index >= 15 is 0 Å². The SMILES string of the molecule is CC(C)NS(=O)(=O)c1ccc(NC(=O)[C@@H](C)Oc2cccc(Cl)c2)cc1. The van der Waals surface area contributed by atoms with E-state index in [1.807, 2.05) is 0 Å². The Hall–Kier alpha value is -2.09. The largest absolute Gasteiger partial charge is 0.481 e. The number of hydrogen-bond donors (Lipinski definition) is 2. The van der Waals surface area contributed by atoms with Crippen LogP contribution in [0.2, 0.25) is 5.02 Å². The first-order chi connectivity index (χ1) is 12.2. The van der Waals surface area contributed by atoms with Crippen molar-refractivity contribution in [1.82, 2.24) is 4.72 Å². The minimum Gasteiger partial charge on any atom is -0.481 e. The van der Waals surface area contributed by atoms with Crippen molar-refractivity contribution in [2.24, 2.45) is 0 Å². The van der Waals surface area contributed by atoms with Crippen LogP contribution in [-0.4, -0.2) is 26.5 Å². The van der Waals surface area contributed by atoms with Crippen LogP contribution in [0.15, 0.2) is 53.4 Å². The number of carbonyl (C=O) groups is 1. The highest BCUT2D eigenvalue weighted by Gasteiger charge is 2.17. The zero-order valence-electron chi connectivity index (χ0n) is 14.7. The molecule has 0 spiro atoms. The summed E-state index contributed by atoms with van der Waals surface area (Å²) in [5, 5.41) is 3.20. The lowest BCUT2D eigenvalue weighted by atomic mass is 10.3. The van der Waals surface area contributed by atoms with E-state index in [0.29, 0.717) is 16.5 Å². The molecule has 0 aliphatic heterocycles. The first kappa shape index (κ1) is 20.2. The average molecular weight is 397 g/mol. The molecule has 0 aliphatic carbocycles. The molecule has 0 saturated carbocycles. The van der Waals surface area contributed by atoms with Crippen molar-refractivity contribution in [1.29, 1.82) is 0 Å². The summed E-state index contributed by atoms with van der Waals surface area (Å²) in [6.45, 7) is 5.10. The van der Waals surface area contributed by atoms with Crippen LogP contribution in [0, 0.1) is 0 Å². The lowest BCUT2D eigenvalue weighted by Crippen LogP contribution is -2.31. The second kappa shape index (κ2) is 8.53. The monoisotopic (exact) mass is 396 g/mol. The Kier molecular flexibility index (Phi) is 6.63. The van der Waals surface area contributed by atoms with Gasteiger partial charge in [0.25, 0.3) is 5.91 Å². The van der Waals surface area contributed by atoms with Crippen LogP contribution in [0.3, 0.4) is 0 Å². The topological polar surface area (TPSA) is 84.5 Å². The molecule has 140 valence electrons. The summed E-state index contributed by atoms with van der Waals surface area (Å²) in [5.41, 5.74) is 0.472. The molecule has 0 aromatic heterocycles. The number of amides is 1. The second-order valence-corrected chi connectivity index (χ2v) is 8.16. The third kappa shape index (κ3) is 5.72. The third-order valence-corrected chi connectivity index (χ3v) is 5.21. The Balaban J connectivity index is 2.00. The van der Waals surface area contributed by atoms with Crippen molar-refractivity contribution in [3.8, 4) is 5.75 Å². The number of ether oxygens (including phenoxy) is 1. The molecule has 26 heavy (non-hydrogen) atoms. The van der Waals surface area contributed by atoms with Crippen molar-refractivity contribution < 1.29 is 17.9 Å². The summed E-state index contributed by atoms with van der Waals surface area (Å²) in [4.78, 5) is 12.4. The number of anilines is 1. The maximum Gasteiger partial charge on any atom is 0.265 e. The fourth-order valence-electron chi connectivity index (χ4n) is 2.14. The number of benzene rings is 2. The summed E-state index contributed by atoms with van der Waals surface area (Å²) in [6.07, 6.45) is -0.750. The van der Waals surface area contributed by atoms with E-state index in [9.17, 15) is 13.2 Å². The van der Waals surface area contributed by atoms with Gasteiger partial charge in [-0.05, 0) is 63.2 Å². The minimum atomic E-state index is -3.57. The summed E-state index contributed by atoms with van der Waals surface area (Å²) in [6, 6.07) is 12.5. The predicted octanol–water partition coefficient (Wildman–Crippen LogP) is 3.43. The highest BCUT2D eigenvalue weighted by molar-refractivity contribution is 7.89. The Morgan fingerprint density at radius 1 is 1.08 bits per heavy atom. The van der Waals surface area contributed by atoms with E-state index in [-0.39, 0.29) is 16.8 Å². The van der Waals surface area contributed by atoms with Crippen LogP contribution >= 0.6 is 11.6 Å². The van der Waals surface area contributed by atoms with Crippen LogP contribution < -0.4 is 14.8 Å². The Morgan fingerprint density at radius 2 is 1.73 bits per heavy atom. The predicted molar refractivity (Wildman–Crippen MR) is 102 cm³/mol. The van der Waals surface area contributed by atoms with Crippen LogP contribution in [0.25, 0.3) is 0 Å². The highest BCUT2D eigenvalue weighted by atomic mass is 35.5. The van der Waals surface area contributed by atoms with E-state index in [1.54, 1.807) is 45.0 Å². The number of carbonyl (C=O) groups excluding carboxylic acids is 1.